The molecule has 2 heterocycles. The quantitative estimate of drug-likeness (QED) is 0.778. The van der Waals surface area contributed by atoms with Gasteiger partial charge >= 0.3 is 0 Å². The Morgan fingerprint density at radius 3 is 2.68 bits per heavy atom. The van der Waals surface area contributed by atoms with Gasteiger partial charge < -0.3 is 20.3 Å². The molecule has 0 radical (unpaired) electrons. The van der Waals surface area contributed by atoms with Crippen LogP contribution in [0.3, 0.4) is 0 Å². The lowest BCUT2D eigenvalue weighted by molar-refractivity contribution is -0.120. The van der Waals surface area contributed by atoms with Gasteiger partial charge in [0.25, 0.3) is 5.91 Å². The fourth-order valence-corrected chi connectivity index (χ4v) is 3.50. The topological polar surface area (TPSA) is 85.4 Å². The number of H-pyrrole nitrogens is 1. The maximum Gasteiger partial charge on any atom is 0.253 e. The lowest BCUT2D eigenvalue weighted by atomic mass is 10.1. The minimum Gasteiger partial charge on any atom is -0.391 e. The summed E-state index contributed by atoms with van der Waals surface area (Å²) in [5, 5.41) is 14.0. The summed E-state index contributed by atoms with van der Waals surface area (Å²) in [6.07, 6.45) is 0.386. The van der Waals surface area contributed by atoms with Gasteiger partial charge in [-0.15, -0.1) is 0 Å². The van der Waals surface area contributed by atoms with E-state index in [0.29, 0.717) is 31.5 Å². The molecule has 3 N–H and O–H groups in total. The zero-order valence-electron chi connectivity index (χ0n) is 14.9. The Bertz CT molecular complexity index is 812. The van der Waals surface area contributed by atoms with Crippen molar-refractivity contribution in [3.63, 3.8) is 0 Å². The summed E-state index contributed by atoms with van der Waals surface area (Å²) in [4.78, 5) is 29.2. The van der Waals surface area contributed by atoms with Gasteiger partial charge in [-0.3, -0.25) is 9.59 Å². The Hall–Kier alpha value is -2.34. The Morgan fingerprint density at radius 2 is 1.96 bits per heavy atom. The van der Waals surface area contributed by atoms with E-state index in [9.17, 15) is 14.7 Å². The number of carbonyl (C=O) groups is 2. The lowest BCUT2D eigenvalue weighted by Gasteiger charge is -2.21. The van der Waals surface area contributed by atoms with E-state index in [-0.39, 0.29) is 17.9 Å². The average Bonchev–Trinajstić information content (AvgIpc) is 2.74. The number of aliphatic hydroxyl groups is 1. The number of nitrogens with zero attached hydrogens (tertiary/aromatic N) is 1. The van der Waals surface area contributed by atoms with E-state index >= 15 is 0 Å². The third kappa shape index (κ3) is 3.54. The Labute approximate surface area is 147 Å². The van der Waals surface area contributed by atoms with Crippen LogP contribution < -0.4 is 5.32 Å². The standard InChI is InChI=1S/C19H25N3O3/c1-11-12(2)20-16-5-4-14(10-15(11)16)19(25)22-8-6-17(21-13(3)23)18(24)7-9-22/h4-5,10,17-18,20,24H,6-9H2,1-3H3,(H,21,23)/t17-,18-/m0/s1. The molecular formula is C19H25N3O3. The molecule has 1 aromatic carbocycles. The van der Waals surface area contributed by atoms with Crippen LogP contribution in [0.25, 0.3) is 10.9 Å². The fraction of sp³-hybridized carbons (Fsp3) is 0.474. The van der Waals surface area contributed by atoms with Crippen molar-refractivity contribution >= 4 is 22.7 Å². The molecule has 0 saturated carbocycles. The van der Waals surface area contributed by atoms with Gasteiger partial charge in [0.1, 0.15) is 0 Å². The molecule has 0 spiro atoms. The smallest absolute Gasteiger partial charge is 0.253 e. The Kier molecular flexibility index (Phi) is 4.81. The molecule has 6 heteroatoms. The van der Waals surface area contributed by atoms with Gasteiger partial charge in [0.15, 0.2) is 0 Å². The lowest BCUT2D eigenvalue weighted by Crippen LogP contribution is -2.42. The van der Waals surface area contributed by atoms with Crippen molar-refractivity contribution in [2.75, 3.05) is 13.1 Å². The first-order valence-electron chi connectivity index (χ1n) is 8.70. The van der Waals surface area contributed by atoms with Crippen molar-refractivity contribution in [1.29, 1.82) is 0 Å². The minimum absolute atomic E-state index is 0.0316. The second-order valence-electron chi connectivity index (χ2n) is 6.88. The van der Waals surface area contributed by atoms with Gasteiger partial charge in [-0.25, -0.2) is 0 Å². The predicted octanol–water partition coefficient (Wildman–Crippen LogP) is 1.89. The second-order valence-corrected chi connectivity index (χ2v) is 6.88. The number of nitrogens with one attached hydrogen (secondary N) is 2. The molecule has 3 rings (SSSR count). The van der Waals surface area contributed by atoms with Gasteiger partial charge in [0, 0.05) is 42.2 Å². The maximum absolute atomic E-state index is 12.9. The van der Waals surface area contributed by atoms with E-state index in [1.165, 1.54) is 6.92 Å². The fourth-order valence-electron chi connectivity index (χ4n) is 3.50. The average molecular weight is 343 g/mol. The van der Waals surface area contributed by atoms with Gasteiger partial charge in [0.05, 0.1) is 12.1 Å². The van der Waals surface area contributed by atoms with Crippen molar-refractivity contribution in [2.45, 2.75) is 45.8 Å². The van der Waals surface area contributed by atoms with E-state index in [1.54, 1.807) is 4.90 Å². The molecule has 0 aliphatic carbocycles. The summed E-state index contributed by atoms with van der Waals surface area (Å²) < 4.78 is 0. The first-order valence-corrected chi connectivity index (χ1v) is 8.70. The number of carbonyl (C=O) groups excluding carboxylic acids is 2. The van der Waals surface area contributed by atoms with E-state index in [0.717, 1.165) is 22.2 Å². The highest BCUT2D eigenvalue weighted by Crippen LogP contribution is 2.23. The molecule has 25 heavy (non-hydrogen) atoms. The number of hydrogen-bond acceptors (Lipinski definition) is 3. The number of hydrogen-bond donors (Lipinski definition) is 3. The SMILES string of the molecule is CC(=O)N[C@H]1CCN(C(=O)c2ccc3[nH]c(C)c(C)c3c2)CC[C@@H]1O. The molecule has 1 aromatic heterocycles. The highest BCUT2D eigenvalue weighted by Gasteiger charge is 2.28. The van der Waals surface area contributed by atoms with Gasteiger partial charge in [-0.1, -0.05) is 0 Å². The predicted molar refractivity (Wildman–Crippen MR) is 96.5 cm³/mol. The number of fused-ring (bicyclic) bond motifs is 1. The first-order chi connectivity index (χ1) is 11.9. The van der Waals surface area contributed by atoms with Crippen LogP contribution in [-0.4, -0.2) is 52.0 Å². The zero-order valence-corrected chi connectivity index (χ0v) is 14.9. The normalized spacial score (nSPS) is 21.2. The van der Waals surface area contributed by atoms with Crippen LogP contribution in [-0.2, 0) is 4.79 Å². The zero-order chi connectivity index (χ0) is 18.1. The molecule has 2 aromatic rings. The summed E-state index contributed by atoms with van der Waals surface area (Å²) in [5.74, 6) is -0.191. The van der Waals surface area contributed by atoms with Crippen molar-refractivity contribution in [1.82, 2.24) is 15.2 Å². The van der Waals surface area contributed by atoms with Crippen LogP contribution in [0.4, 0.5) is 0 Å². The molecule has 0 unspecified atom stereocenters. The number of likely N-dealkylation sites (tertiary alicyclic amines) is 1. The Morgan fingerprint density at radius 1 is 1.24 bits per heavy atom. The summed E-state index contributed by atoms with van der Waals surface area (Å²) >= 11 is 0. The first kappa shape index (κ1) is 17.5. The molecular weight excluding hydrogens is 318 g/mol. The molecule has 1 fully saturated rings. The van der Waals surface area contributed by atoms with E-state index < -0.39 is 6.10 Å². The van der Waals surface area contributed by atoms with Crippen molar-refractivity contribution in [2.24, 2.45) is 0 Å². The van der Waals surface area contributed by atoms with Crippen LogP contribution >= 0.6 is 0 Å². The summed E-state index contributed by atoms with van der Waals surface area (Å²) in [5.41, 5.74) is 3.95. The van der Waals surface area contributed by atoms with Crippen LogP contribution in [0.15, 0.2) is 18.2 Å². The molecule has 6 nitrogen and oxygen atoms in total. The maximum atomic E-state index is 12.9. The number of benzene rings is 1. The number of rotatable bonds is 2. The minimum atomic E-state index is -0.626. The molecule has 2 amide bonds. The second kappa shape index (κ2) is 6.88. The van der Waals surface area contributed by atoms with E-state index in [2.05, 4.69) is 10.3 Å². The highest BCUT2D eigenvalue weighted by molar-refractivity contribution is 5.99. The Balaban J connectivity index is 1.78. The molecule has 1 saturated heterocycles. The molecule has 1 aliphatic heterocycles. The number of aryl methyl sites for hydroxylation is 2. The number of amides is 2. The number of aromatic amines is 1. The van der Waals surface area contributed by atoms with Crippen LogP contribution in [0.5, 0.6) is 0 Å². The third-order valence-electron chi connectivity index (χ3n) is 5.10. The molecule has 134 valence electrons. The molecule has 2 atom stereocenters. The summed E-state index contributed by atoms with van der Waals surface area (Å²) in [6.45, 7) is 6.51. The summed E-state index contributed by atoms with van der Waals surface area (Å²) in [6, 6.07) is 5.41. The van der Waals surface area contributed by atoms with E-state index in [1.807, 2.05) is 32.0 Å². The van der Waals surface area contributed by atoms with Gasteiger partial charge in [0.2, 0.25) is 5.91 Å². The van der Waals surface area contributed by atoms with Crippen molar-refractivity contribution < 1.29 is 14.7 Å². The van der Waals surface area contributed by atoms with Gasteiger partial charge in [-0.05, 0) is 50.5 Å². The van der Waals surface area contributed by atoms with Crippen molar-refractivity contribution in [3.05, 3.63) is 35.0 Å². The third-order valence-corrected chi connectivity index (χ3v) is 5.10. The number of aromatic nitrogens is 1. The molecule has 1 aliphatic rings. The summed E-state index contributed by atoms with van der Waals surface area (Å²) in [7, 11) is 0. The number of aliphatic hydroxyl groups excluding tert-OH is 1. The van der Waals surface area contributed by atoms with Crippen LogP contribution in [0, 0.1) is 13.8 Å². The van der Waals surface area contributed by atoms with E-state index in [4.69, 9.17) is 0 Å². The highest BCUT2D eigenvalue weighted by atomic mass is 16.3. The largest absolute Gasteiger partial charge is 0.391 e. The van der Waals surface area contributed by atoms with Crippen LogP contribution in [0.1, 0.15) is 41.4 Å². The molecule has 0 bridgehead atoms. The van der Waals surface area contributed by atoms with Crippen molar-refractivity contribution in [3.8, 4) is 0 Å². The van der Waals surface area contributed by atoms with Crippen LogP contribution in [0.2, 0.25) is 0 Å². The monoisotopic (exact) mass is 343 g/mol. The van der Waals surface area contributed by atoms with Gasteiger partial charge in [-0.2, -0.15) is 0 Å².